The molecule has 3 rings (SSSR count). The minimum Gasteiger partial charge on any atom is -0.387 e. The molecule has 1 heterocycles. The van der Waals surface area contributed by atoms with Gasteiger partial charge in [0.1, 0.15) is 0 Å². The summed E-state index contributed by atoms with van der Waals surface area (Å²) in [5.74, 6) is 0. The monoisotopic (exact) mass is 275 g/mol. The predicted octanol–water partition coefficient (Wildman–Crippen LogP) is 1.72. The van der Waals surface area contributed by atoms with Crippen LogP contribution in [0.3, 0.4) is 0 Å². The van der Waals surface area contributed by atoms with Gasteiger partial charge in [-0.15, -0.1) is 0 Å². The van der Waals surface area contributed by atoms with Crippen LogP contribution in [0.2, 0.25) is 0 Å². The second-order valence-corrected chi connectivity index (χ2v) is 6.16. The number of hydrogen-bond acceptors (Lipinski definition) is 4. The molecule has 2 aliphatic rings. The summed E-state index contributed by atoms with van der Waals surface area (Å²) in [6.45, 7) is 3.01. The van der Waals surface area contributed by atoms with Gasteiger partial charge in [-0.3, -0.25) is 0 Å². The van der Waals surface area contributed by atoms with Crippen LogP contribution in [0, 0.1) is 0 Å². The second kappa shape index (κ2) is 6.12. The SMILES string of the molecule is NC(CN1CCCC1)C(O)c1ccc(NC2CC2)cc1. The number of aliphatic hydroxyl groups excluding tert-OH is 1. The van der Waals surface area contributed by atoms with Gasteiger partial charge in [-0.2, -0.15) is 0 Å². The van der Waals surface area contributed by atoms with Crippen LogP contribution < -0.4 is 11.1 Å². The molecule has 1 aromatic carbocycles. The Bertz CT molecular complexity index is 424. The van der Waals surface area contributed by atoms with Crippen LogP contribution in [0.4, 0.5) is 5.69 Å². The maximum Gasteiger partial charge on any atom is 0.0953 e. The van der Waals surface area contributed by atoms with E-state index in [0.717, 1.165) is 30.9 Å². The standard InChI is InChI=1S/C16H25N3O/c17-15(11-19-9-1-2-10-19)16(20)12-3-5-13(6-4-12)18-14-7-8-14/h3-6,14-16,18,20H,1-2,7-11,17H2. The Morgan fingerprint density at radius 1 is 1.20 bits per heavy atom. The number of hydrogen-bond donors (Lipinski definition) is 3. The van der Waals surface area contributed by atoms with E-state index >= 15 is 0 Å². The van der Waals surface area contributed by atoms with Gasteiger partial charge in [0.2, 0.25) is 0 Å². The summed E-state index contributed by atoms with van der Waals surface area (Å²) >= 11 is 0. The molecule has 1 saturated heterocycles. The summed E-state index contributed by atoms with van der Waals surface area (Å²) in [4.78, 5) is 2.34. The third-order valence-corrected chi connectivity index (χ3v) is 4.27. The first-order valence-electron chi connectivity index (χ1n) is 7.75. The van der Waals surface area contributed by atoms with E-state index < -0.39 is 6.10 Å². The molecule has 1 saturated carbocycles. The Balaban J connectivity index is 1.55. The number of aliphatic hydroxyl groups is 1. The fraction of sp³-hybridized carbons (Fsp3) is 0.625. The molecule has 2 unspecified atom stereocenters. The first-order chi connectivity index (χ1) is 9.72. The summed E-state index contributed by atoms with van der Waals surface area (Å²) in [5, 5.41) is 13.8. The van der Waals surface area contributed by atoms with Gasteiger partial charge in [-0.05, 0) is 56.5 Å². The van der Waals surface area contributed by atoms with Crippen LogP contribution in [-0.4, -0.2) is 41.7 Å². The number of nitrogens with two attached hydrogens (primary N) is 1. The number of nitrogens with zero attached hydrogens (tertiary/aromatic N) is 1. The Morgan fingerprint density at radius 3 is 2.45 bits per heavy atom. The van der Waals surface area contributed by atoms with Gasteiger partial charge >= 0.3 is 0 Å². The largest absolute Gasteiger partial charge is 0.387 e. The van der Waals surface area contributed by atoms with Crippen molar-refractivity contribution in [1.29, 1.82) is 0 Å². The lowest BCUT2D eigenvalue weighted by atomic mass is 10.0. The van der Waals surface area contributed by atoms with Crippen LogP contribution >= 0.6 is 0 Å². The van der Waals surface area contributed by atoms with E-state index in [-0.39, 0.29) is 6.04 Å². The molecule has 4 N–H and O–H groups in total. The molecule has 4 nitrogen and oxygen atoms in total. The zero-order chi connectivity index (χ0) is 13.9. The van der Waals surface area contributed by atoms with Crippen LogP contribution in [0.25, 0.3) is 0 Å². The van der Waals surface area contributed by atoms with Gasteiger partial charge in [0.25, 0.3) is 0 Å². The van der Waals surface area contributed by atoms with Crippen LogP contribution in [0.15, 0.2) is 24.3 Å². The van der Waals surface area contributed by atoms with Crippen molar-refractivity contribution in [2.75, 3.05) is 25.0 Å². The van der Waals surface area contributed by atoms with Crippen molar-refractivity contribution in [3.8, 4) is 0 Å². The maximum atomic E-state index is 10.4. The topological polar surface area (TPSA) is 61.5 Å². The van der Waals surface area contributed by atoms with Gasteiger partial charge in [-0.1, -0.05) is 12.1 Å². The van der Waals surface area contributed by atoms with E-state index in [9.17, 15) is 5.11 Å². The Labute approximate surface area is 121 Å². The Morgan fingerprint density at radius 2 is 1.85 bits per heavy atom. The molecule has 110 valence electrons. The molecular weight excluding hydrogens is 250 g/mol. The smallest absolute Gasteiger partial charge is 0.0953 e. The molecule has 2 atom stereocenters. The van der Waals surface area contributed by atoms with Crippen molar-refractivity contribution in [2.45, 2.75) is 43.9 Å². The lowest BCUT2D eigenvalue weighted by Gasteiger charge is -2.24. The first-order valence-corrected chi connectivity index (χ1v) is 7.75. The summed E-state index contributed by atoms with van der Waals surface area (Å²) in [7, 11) is 0. The second-order valence-electron chi connectivity index (χ2n) is 6.16. The lowest BCUT2D eigenvalue weighted by molar-refractivity contribution is 0.125. The van der Waals surface area contributed by atoms with E-state index in [1.54, 1.807) is 0 Å². The highest BCUT2D eigenvalue weighted by Gasteiger charge is 2.23. The number of benzene rings is 1. The Hall–Kier alpha value is -1.10. The average Bonchev–Trinajstić information content (AvgIpc) is 3.12. The third kappa shape index (κ3) is 3.51. The zero-order valence-electron chi connectivity index (χ0n) is 12.0. The quantitative estimate of drug-likeness (QED) is 0.740. The van der Waals surface area contributed by atoms with Crippen LogP contribution in [0.1, 0.15) is 37.4 Å². The molecule has 1 aliphatic carbocycles. The van der Waals surface area contributed by atoms with Crippen molar-refractivity contribution in [3.05, 3.63) is 29.8 Å². The van der Waals surface area contributed by atoms with Gasteiger partial charge in [0.15, 0.2) is 0 Å². The minimum atomic E-state index is -0.578. The van der Waals surface area contributed by atoms with E-state index in [2.05, 4.69) is 10.2 Å². The minimum absolute atomic E-state index is 0.213. The van der Waals surface area contributed by atoms with Crippen LogP contribution in [-0.2, 0) is 0 Å². The van der Waals surface area contributed by atoms with Gasteiger partial charge in [0, 0.05) is 24.3 Å². The fourth-order valence-corrected chi connectivity index (χ4v) is 2.85. The molecule has 0 spiro atoms. The van der Waals surface area contributed by atoms with Gasteiger partial charge in [0.05, 0.1) is 6.10 Å². The van der Waals surface area contributed by atoms with E-state index in [0.29, 0.717) is 6.04 Å². The van der Waals surface area contributed by atoms with Crippen molar-refractivity contribution in [2.24, 2.45) is 5.73 Å². The molecule has 2 fully saturated rings. The highest BCUT2D eigenvalue weighted by atomic mass is 16.3. The van der Waals surface area contributed by atoms with Gasteiger partial charge < -0.3 is 21.1 Å². The molecule has 0 bridgehead atoms. The van der Waals surface area contributed by atoms with Crippen molar-refractivity contribution < 1.29 is 5.11 Å². The van der Waals surface area contributed by atoms with E-state index in [1.165, 1.54) is 25.7 Å². The van der Waals surface area contributed by atoms with E-state index in [4.69, 9.17) is 5.73 Å². The average molecular weight is 275 g/mol. The Kier molecular flexibility index (Phi) is 4.24. The van der Waals surface area contributed by atoms with Crippen molar-refractivity contribution in [1.82, 2.24) is 4.90 Å². The molecule has 0 radical (unpaired) electrons. The molecule has 0 amide bonds. The third-order valence-electron chi connectivity index (χ3n) is 4.27. The first kappa shape index (κ1) is 13.9. The normalized spacial score (nSPS) is 22.7. The summed E-state index contributed by atoms with van der Waals surface area (Å²) in [6, 6.07) is 8.50. The molecule has 1 aliphatic heterocycles. The molecular formula is C16H25N3O. The summed E-state index contributed by atoms with van der Waals surface area (Å²) in [5.41, 5.74) is 8.20. The van der Waals surface area contributed by atoms with Crippen molar-refractivity contribution >= 4 is 5.69 Å². The summed E-state index contributed by atoms with van der Waals surface area (Å²) < 4.78 is 0. The fourth-order valence-electron chi connectivity index (χ4n) is 2.85. The molecule has 4 heteroatoms. The molecule has 20 heavy (non-hydrogen) atoms. The number of likely N-dealkylation sites (tertiary alicyclic amines) is 1. The summed E-state index contributed by atoms with van der Waals surface area (Å²) in [6.07, 6.45) is 4.47. The predicted molar refractivity (Wildman–Crippen MR) is 81.7 cm³/mol. The molecule has 1 aromatic rings. The maximum absolute atomic E-state index is 10.4. The van der Waals surface area contributed by atoms with Crippen LogP contribution in [0.5, 0.6) is 0 Å². The number of anilines is 1. The molecule has 0 aromatic heterocycles. The highest BCUT2D eigenvalue weighted by molar-refractivity contribution is 5.46. The van der Waals surface area contributed by atoms with E-state index in [1.807, 2.05) is 24.3 Å². The van der Waals surface area contributed by atoms with Gasteiger partial charge in [-0.25, -0.2) is 0 Å². The highest BCUT2D eigenvalue weighted by Crippen LogP contribution is 2.26. The number of rotatable bonds is 6. The lowest BCUT2D eigenvalue weighted by Crippen LogP contribution is -2.40. The van der Waals surface area contributed by atoms with Crippen molar-refractivity contribution in [3.63, 3.8) is 0 Å². The zero-order valence-corrected chi connectivity index (χ0v) is 12.0. The number of nitrogens with one attached hydrogen (secondary N) is 1.